The van der Waals surface area contributed by atoms with Gasteiger partial charge in [-0.1, -0.05) is 41.7 Å². The van der Waals surface area contributed by atoms with Crippen LogP contribution in [0.2, 0.25) is 0 Å². The van der Waals surface area contributed by atoms with Crippen LogP contribution in [0, 0.1) is 0 Å². The lowest BCUT2D eigenvalue weighted by Gasteiger charge is -2.06. The number of carboxylic acid groups (broad SMARTS) is 1. The molecule has 130 valence electrons. The van der Waals surface area contributed by atoms with Gasteiger partial charge in [-0.3, -0.25) is 14.0 Å². The predicted molar refractivity (Wildman–Crippen MR) is 101 cm³/mol. The molecule has 0 saturated carbocycles. The summed E-state index contributed by atoms with van der Waals surface area (Å²) in [6.45, 7) is 0. The molecule has 2 aromatic heterocycles. The molecule has 0 radical (unpaired) electrons. The number of benzene rings is 2. The second-order valence-corrected chi connectivity index (χ2v) is 7.01. The van der Waals surface area contributed by atoms with Crippen molar-refractivity contribution in [3.8, 4) is 11.3 Å². The molecule has 0 saturated heterocycles. The van der Waals surface area contributed by atoms with Crippen LogP contribution in [0.1, 0.15) is 16.8 Å². The maximum absolute atomic E-state index is 12.3. The number of nitrogens with zero attached hydrogens (tertiary/aromatic N) is 2. The number of rotatable bonds is 5. The molecule has 3 N–H and O–H groups in total. The van der Waals surface area contributed by atoms with Gasteiger partial charge >= 0.3 is 5.97 Å². The number of ketones is 1. The predicted octanol–water partition coefficient (Wildman–Crippen LogP) is 3.20. The van der Waals surface area contributed by atoms with Crippen molar-refractivity contribution < 1.29 is 14.7 Å². The summed E-state index contributed by atoms with van der Waals surface area (Å²) >= 11 is 1.60. The Kier molecular flexibility index (Phi) is 4.02. The summed E-state index contributed by atoms with van der Waals surface area (Å²) in [5, 5.41) is 8.87. The van der Waals surface area contributed by atoms with E-state index in [1.54, 1.807) is 29.5 Å². The number of thiazole rings is 1. The Bertz CT molecular complexity index is 1150. The number of aromatic nitrogens is 2. The topological polar surface area (TPSA) is 97.7 Å². The van der Waals surface area contributed by atoms with Gasteiger partial charge in [0.25, 0.3) is 0 Å². The van der Waals surface area contributed by atoms with Crippen LogP contribution in [0.4, 0.5) is 0 Å². The van der Waals surface area contributed by atoms with Gasteiger partial charge in [0.05, 0.1) is 15.9 Å². The van der Waals surface area contributed by atoms with Crippen LogP contribution in [-0.4, -0.2) is 32.3 Å². The van der Waals surface area contributed by atoms with E-state index in [0.717, 1.165) is 26.4 Å². The number of aliphatic carboxylic acids is 1. The number of nitrogens with two attached hydrogens (primary N) is 1. The van der Waals surface area contributed by atoms with Gasteiger partial charge < -0.3 is 10.8 Å². The van der Waals surface area contributed by atoms with Crippen LogP contribution in [0.15, 0.2) is 54.7 Å². The number of hydrogen-bond donors (Lipinski definition) is 2. The van der Waals surface area contributed by atoms with Crippen molar-refractivity contribution in [3.63, 3.8) is 0 Å². The number of fused-ring (bicyclic) bond motifs is 3. The molecule has 4 rings (SSSR count). The van der Waals surface area contributed by atoms with Gasteiger partial charge in [0.1, 0.15) is 6.04 Å². The van der Waals surface area contributed by atoms with Crippen LogP contribution < -0.4 is 5.73 Å². The lowest BCUT2D eigenvalue weighted by Crippen LogP contribution is -2.32. The van der Waals surface area contributed by atoms with E-state index in [-0.39, 0.29) is 12.2 Å². The second kappa shape index (κ2) is 6.36. The maximum Gasteiger partial charge on any atom is 0.320 e. The normalized spacial score (nSPS) is 12.5. The summed E-state index contributed by atoms with van der Waals surface area (Å²) in [7, 11) is 0. The first-order valence-electron chi connectivity index (χ1n) is 8.01. The number of hydrogen-bond acceptors (Lipinski definition) is 5. The molecule has 2 aromatic carbocycles. The van der Waals surface area contributed by atoms with Crippen LogP contribution in [0.5, 0.6) is 0 Å². The molecule has 0 spiro atoms. The van der Waals surface area contributed by atoms with Crippen molar-refractivity contribution in [2.45, 2.75) is 12.5 Å². The molecular formula is C19H15N3O3S. The van der Waals surface area contributed by atoms with Gasteiger partial charge in [0, 0.05) is 23.7 Å². The van der Waals surface area contributed by atoms with E-state index in [9.17, 15) is 9.59 Å². The molecule has 0 aliphatic heterocycles. The van der Waals surface area contributed by atoms with Crippen molar-refractivity contribution in [1.82, 2.24) is 9.38 Å². The van der Waals surface area contributed by atoms with Crippen LogP contribution in [-0.2, 0) is 4.79 Å². The summed E-state index contributed by atoms with van der Waals surface area (Å²) in [6, 6.07) is 13.9. The average Bonchev–Trinajstić information content (AvgIpc) is 3.19. The Morgan fingerprint density at radius 2 is 2.00 bits per heavy atom. The van der Waals surface area contributed by atoms with Crippen molar-refractivity contribution >= 4 is 38.3 Å². The minimum Gasteiger partial charge on any atom is -0.480 e. The van der Waals surface area contributed by atoms with E-state index in [1.165, 1.54) is 0 Å². The zero-order valence-corrected chi connectivity index (χ0v) is 14.4. The molecule has 0 amide bonds. The van der Waals surface area contributed by atoms with Gasteiger partial charge in [-0.15, -0.1) is 0 Å². The molecule has 0 bridgehead atoms. The standard InChI is InChI=1S/C19H15N3O3S/c20-13(18(24)25)9-16(23)12-5-3-4-11(8-12)14-10-22-15-6-1-2-7-17(15)26-19(22)21-14/h1-8,10,13H,9,20H2,(H,24,25). The number of carboxylic acids is 1. The Morgan fingerprint density at radius 1 is 1.19 bits per heavy atom. The minimum absolute atomic E-state index is 0.234. The zero-order chi connectivity index (χ0) is 18.3. The van der Waals surface area contributed by atoms with E-state index >= 15 is 0 Å². The van der Waals surface area contributed by atoms with E-state index in [1.807, 2.05) is 34.9 Å². The largest absolute Gasteiger partial charge is 0.480 e. The lowest BCUT2D eigenvalue weighted by molar-refractivity contribution is -0.138. The number of carbonyl (C=O) groups excluding carboxylic acids is 1. The molecular weight excluding hydrogens is 350 g/mol. The maximum atomic E-state index is 12.3. The number of Topliss-reactive ketones (excluding diaryl/α,β-unsaturated/α-hetero) is 1. The molecule has 1 atom stereocenters. The summed E-state index contributed by atoms with van der Waals surface area (Å²) in [5.74, 6) is -1.48. The fourth-order valence-corrected chi connectivity index (χ4v) is 3.85. The SMILES string of the molecule is NC(CC(=O)c1cccc(-c2cn3c(n2)sc2ccccc23)c1)C(=O)O. The summed E-state index contributed by atoms with van der Waals surface area (Å²) < 4.78 is 3.19. The average molecular weight is 365 g/mol. The third-order valence-corrected chi connectivity index (χ3v) is 5.24. The molecule has 0 aliphatic carbocycles. The zero-order valence-electron chi connectivity index (χ0n) is 13.6. The lowest BCUT2D eigenvalue weighted by atomic mass is 10.0. The van der Waals surface area contributed by atoms with Crippen molar-refractivity contribution in [3.05, 3.63) is 60.3 Å². The highest BCUT2D eigenvalue weighted by atomic mass is 32.1. The van der Waals surface area contributed by atoms with Gasteiger partial charge in [-0.25, -0.2) is 4.98 Å². The second-order valence-electron chi connectivity index (χ2n) is 6.00. The van der Waals surface area contributed by atoms with E-state index in [4.69, 9.17) is 10.8 Å². The van der Waals surface area contributed by atoms with Crippen LogP contribution >= 0.6 is 11.3 Å². The fraction of sp³-hybridized carbons (Fsp3) is 0.105. The molecule has 0 aliphatic rings. The molecule has 6 nitrogen and oxygen atoms in total. The minimum atomic E-state index is -1.20. The van der Waals surface area contributed by atoms with Crippen LogP contribution in [0.25, 0.3) is 26.4 Å². The fourth-order valence-electron chi connectivity index (χ4n) is 2.84. The third kappa shape index (κ3) is 2.87. The molecule has 0 fully saturated rings. The highest BCUT2D eigenvalue weighted by molar-refractivity contribution is 7.23. The van der Waals surface area contributed by atoms with E-state index in [0.29, 0.717) is 5.56 Å². The Labute approximate surface area is 152 Å². The first-order chi connectivity index (χ1) is 12.5. The Balaban J connectivity index is 1.69. The van der Waals surface area contributed by atoms with Gasteiger partial charge in [-0.2, -0.15) is 0 Å². The quantitative estimate of drug-likeness (QED) is 0.529. The Hall–Kier alpha value is -3.03. The Morgan fingerprint density at radius 3 is 2.81 bits per heavy atom. The highest BCUT2D eigenvalue weighted by Crippen LogP contribution is 2.29. The molecule has 1 unspecified atom stereocenters. The first-order valence-corrected chi connectivity index (χ1v) is 8.83. The molecule has 7 heteroatoms. The third-order valence-electron chi connectivity index (χ3n) is 4.20. The van der Waals surface area contributed by atoms with Gasteiger partial charge in [-0.05, 0) is 18.2 Å². The number of para-hydroxylation sites is 1. The summed E-state index contributed by atoms with van der Waals surface area (Å²) in [5.41, 5.74) is 8.55. The molecule has 2 heterocycles. The number of carbonyl (C=O) groups is 2. The summed E-state index contributed by atoms with van der Waals surface area (Å²) in [6.07, 6.45) is 1.71. The van der Waals surface area contributed by atoms with Gasteiger partial charge in [0.15, 0.2) is 10.7 Å². The van der Waals surface area contributed by atoms with E-state index < -0.39 is 12.0 Å². The van der Waals surface area contributed by atoms with Crippen LogP contribution in [0.3, 0.4) is 0 Å². The van der Waals surface area contributed by atoms with Crippen molar-refractivity contribution in [1.29, 1.82) is 0 Å². The van der Waals surface area contributed by atoms with Gasteiger partial charge in [0.2, 0.25) is 0 Å². The molecule has 4 aromatic rings. The van der Waals surface area contributed by atoms with Crippen molar-refractivity contribution in [2.75, 3.05) is 0 Å². The number of imidazole rings is 1. The highest BCUT2D eigenvalue weighted by Gasteiger charge is 2.18. The first kappa shape index (κ1) is 16.4. The van der Waals surface area contributed by atoms with Crippen molar-refractivity contribution in [2.24, 2.45) is 5.73 Å². The molecule has 26 heavy (non-hydrogen) atoms. The van der Waals surface area contributed by atoms with E-state index in [2.05, 4.69) is 11.1 Å². The smallest absolute Gasteiger partial charge is 0.320 e. The monoisotopic (exact) mass is 365 g/mol. The summed E-state index contributed by atoms with van der Waals surface area (Å²) in [4.78, 5) is 28.7.